The maximum absolute atomic E-state index is 6.18. The van der Waals surface area contributed by atoms with Crippen molar-refractivity contribution >= 4 is 17.5 Å². The van der Waals surface area contributed by atoms with Crippen molar-refractivity contribution in [3.63, 3.8) is 0 Å². The number of hydrogen-bond acceptors (Lipinski definition) is 3. The second kappa shape index (κ2) is 5.78. The SMILES string of the molecule is COc1ccc(C2=NC[C@@](CCl)(c3ccccc3)O2)cc1. The summed E-state index contributed by atoms with van der Waals surface area (Å²) < 4.78 is 11.3. The molecule has 0 radical (unpaired) electrons. The van der Waals surface area contributed by atoms with Gasteiger partial charge in [0.1, 0.15) is 5.75 Å². The molecule has 1 aliphatic rings. The smallest absolute Gasteiger partial charge is 0.217 e. The van der Waals surface area contributed by atoms with Crippen molar-refractivity contribution in [1.82, 2.24) is 0 Å². The fraction of sp³-hybridized carbons (Fsp3) is 0.235. The highest BCUT2D eigenvalue weighted by molar-refractivity contribution is 6.19. The van der Waals surface area contributed by atoms with Crippen molar-refractivity contribution in [2.45, 2.75) is 5.60 Å². The Bertz CT molecular complexity index is 640. The van der Waals surface area contributed by atoms with E-state index in [4.69, 9.17) is 21.1 Å². The van der Waals surface area contributed by atoms with Crippen LogP contribution in [0.3, 0.4) is 0 Å². The van der Waals surface area contributed by atoms with E-state index in [0.29, 0.717) is 18.3 Å². The molecule has 0 aliphatic carbocycles. The largest absolute Gasteiger partial charge is 0.497 e. The second-order valence-corrected chi connectivity index (χ2v) is 5.21. The van der Waals surface area contributed by atoms with E-state index >= 15 is 0 Å². The average Bonchev–Trinajstić information content (AvgIpc) is 3.02. The van der Waals surface area contributed by atoms with Gasteiger partial charge in [-0.1, -0.05) is 30.3 Å². The zero-order valence-corrected chi connectivity index (χ0v) is 12.5. The maximum atomic E-state index is 6.18. The van der Waals surface area contributed by atoms with Gasteiger partial charge in [0, 0.05) is 5.56 Å². The van der Waals surface area contributed by atoms with Crippen LogP contribution in [0.5, 0.6) is 5.75 Å². The van der Waals surface area contributed by atoms with Gasteiger partial charge >= 0.3 is 0 Å². The number of halogens is 1. The van der Waals surface area contributed by atoms with Crippen molar-refractivity contribution in [3.05, 3.63) is 65.7 Å². The molecule has 0 unspecified atom stereocenters. The van der Waals surface area contributed by atoms with Crippen molar-refractivity contribution in [2.75, 3.05) is 19.5 Å². The molecule has 0 fully saturated rings. The molecule has 21 heavy (non-hydrogen) atoms. The Balaban J connectivity index is 1.85. The molecular weight excluding hydrogens is 286 g/mol. The Labute approximate surface area is 129 Å². The van der Waals surface area contributed by atoms with Crippen molar-refractivity contribution in [3.8, 4) is 5.75 Å². The van der Waals surface area contributed by atoms with Gasteiger partial charge in [0.05, 0.1) is 19.5 Å². The number of nitrogens with zero attached hydrogens (tertiary/aromatic N) is 1. The molecule has 0 saturated carbocycles. The third-order valence-corrected chi connectivity index (χ3v) is 4.05. The summed E-state index contributed by atoms with van der Waals surface area (Å²) in [5, 5.41) is 0. The van der Waals surface area contributed by atoms with Crippen molar-refractivity contribution in [1.29, 1.82) is 0 Å². The summed E-state index contributed by atoms with van der Waals surface area (Å²) in [6.07, 6.45) is 0. The topological polar surface area (TPSA) is 30.8 Å². The molecule has 3 rings (SSSR count). The quantitative estimate of drug-likeness (QED) is 0.808. The summed E-state index contributed by atoms with van der Waals surface area (Å²) in [6.45, 7) is 0.530. The summed E-state index contributed by atoms with van der Waals surface area (Å²) >= 11 is 6.18. The van der Waals surface area contributed by atoms with Crippen LogP contribution >= 0.6 is 11.6 Å². The van der Waals surface area contributed by atoms with E-state index in [1.807, 2.05) is 54.6 Å². The number of hydrogen-bond donors (Lipinski definition) is 0. The fourth-order valence-corrected chi connectivity index (χ4v) is 2.67. The van der Waals surface area contributed by atoms with E-state index in [0.717, 1.165) is 16.9 Å². The van der Waals surface area contributed by atoms with E-state index in [1.54, 1.807) is 7.11 Å². The minimum atomic E-state index is -0.571. The number of aliphatic imine (C=N–C) groups is 1. The first-order chi connectivity index (χ1) is 10.3. The lowest BCUT2D eigenvalue weighted by molar-refractivity contribution is 0.112. The lowest BCUT2D eigenvalue weighted by Gasteiger charge is -2.26. The van der Waals surface area contributed by atoms with Crippen LogP contribution in [0, 0.1) is 0 Å². The molecule has 0 bridgehead atoms. The standard InChI is InChI=1S/C17H16ClNO2/c1-20-15-9-7-13(8-10-15)16-19-12-17(11-18,21-16)14-5-3-2-4-6-14/h2-10H,11-12H2,1H3/t17-/m0/s1. The summed E-state index contributed by atoms with van der Waals surface area (Å²) in [5.74, 6) is 1.80. The van der Waals surface area contributed by atoms with Gasteiger partial charge in [0.25, 0.3) is 0 Å². The summed E-state index contributed by atoms with van der Waals surface area (Å²) in [7, 11) is 1.65. The van der Waals surface area contributed by atoms with Gasteiger partial charge in [-0.25, -0.2) is 4.99 Å². The van der Waals surface area contributed by atoms with Crippen molar-refractivity contribution in [2.24, 2.45) is 4.99 Å². The molecule has 0 amide bonds. The predicted octanol–water partition coefficient (Wildman–Crippen LogP) is 3.61. The number of methoxy groups -OCH3 is 1. The van der Waals surface area contributed by atoms with Crippen LogP contribution in [0.25, 0.3) is 0 Å². The van der Waals surface area contributed by atoms with Crippen LogP contribution in [0.2, 0.25) is 0 Å². The Morgan fingerprint density at radius 2 is 1.86 bits per heavy atom. The second-order valence-electron chi connectivity index (χ2n) is 4.95. The molecule has 1 atom stereocenters. The van der Waals surface area contributed by atoms with E-state index in [1.165, 1.54) is 0 Å². The number of alkyl halides is 1. The lowest BCUT2D eigenvalue weighted by Crippen LogP contribution is -2.32. The average molecular weight is 302 g/mol. The molecule has 2 aromatic carbocycles. The molecule has 0 saturated heterocycles. The van der Waals surface area contributed by atoms with Crippen LogP contribution in [0.4, 0.5) is 0 Å². The Morgan fingerprint density at radius 3 is 2.48 bits per heavy atom. The van der Waals surface area contributed by atoms with Crippen LogP contribution in [0.15, 0.2) is 59.6 Å². The highest BCUT2D eigenvalue weighted by atomic mass is 35.5. The molecule has 108 valence electrons. The summed E-state index contributed by atoms with van der Waals surface area (Å²) in [6, 6.07) is 17.7. The van der Waals surface area contributed by atoms with E-state index < -0.39 is 5.60 Å². The van der Waals surface area contributed by atoms with Gasteiger partial charge in [-0.2, -0.15) is 0 Å². The first-order valence-corrected chi connectivity index (χ1v) is 7.30. The van der Waals surface area contributed by atoms with Gasteiger partial charge in [0.15, 0.2) is 5.60 Å². The molecule has 1 aliphatic heterocycles. The van der Waals surface area contributed by atoms with Crippen LogP contribution in [0.1, 0.15) is 11.1 Å². The molecule has 3 nitrogen and oxygen atoms in total. The highest BCUT2D eigenvalue weighted by Gasteiger charge is 2.39. The van der Waals surface area contributed by atoms with Crippen molar-refractivity contribution < 1.29 is 9.47 Å². The molecular formula is C17H16ClNO2. The van der Waals surface area contributed by atoms with Gasteiger partial charge in [-0.05, 0) is 29.8 Å². The normalized spacial score (nSPS) is 20.8. The van der Waals surface area contributed by atoms with E-state index in [-0.39, 0.29) is 0 Å². The number of rotatable bonds is 4. The van der Waals surface area contributed by atoms with Gasteiger partial charge in [-0.15, -0.1) is 11.6 Å². The monoisotopic (exact) mass is 301 g/mol. The summed E-state index contributed by atoms with van der Waals surface area (Å²) in [4.78, 5) is 4.53. The Hall–Kier alpha value is -2.00. The van der Waals surface area contributed by atoms with E-state index in [2.05, 4.69) is 4.99 Å². The van der Waals surface area contributed by atoms with Crippen LogP contribution in [-0.2, 0) is 10.3 Å². The molecule has 4 heteroatoms. The number of benzene rings is 2. The predicted molar refractivity (Wildman–Crippen MR) is 84.3 cm³/mol. The van der Waals surface area contributed by atoms with Gasteiger partial charge < -0.3 is 9.47 Å². The Morgan fingerprint density at radius 1 is 1.14 bits per heavy atom. The minimum Gasteiger partial charge on any atom is -0.497 e. The Kier molecular flexibility index (Phi) is 3.84. The summed E-state index contributed by atoms with van der Waals surface area (Å²) in [5.41, 5.74) is 1.41. The van der Waals surface area contributed by atoms with Gasteiger partial charge in [-0.3, -0.25) is 0 Å². The lowest BCUT2D eigenvalue weighted by atomic mass is 9.96. The molecule has 1 heterocycles. The highest BCUT2D eigenvalue weighted by Crippen LogP contribution is 2.33. The fourth-order valence-electron chi connectivity index (χ4n) is 2.37. The first kappa shape index (κ1) is 14.0. The first-order valence-electron chi connectivity index (χ1n) is 6.77. The third-order valence-electron chi connectivity index (χ3n) is 3.62. The molecule has 0 N–H and O–H groups in total. The van der Waals surface area contributed by atoms with Crippen LogP contribution < -0.4 is 4.74 Å². The zero-order valence-electron chi connectivity index (χ0n) is 11.8. The molecule has 2 aromatic rings. The zero-order chi connectivity index (χ0) is 14.7. The maximum Gasteiger partial charge on any atom is 0.217 e. The molecule has 0 aromatic heterocycles. The van der Waals surface area contributed by atoms with Crippen LogP contribution in [-0.4, -0.2) is 25.4 Å². The number of ether oxygens (including phenoxy) is 2. The molecule has 0 spiro atoms. The van der Waals surface area contributed by atoms with Gasteiger partial charge in [0.2, 0.25) is 5.90 Å². The minimum absolute atomic E-state index is 0.361. The van der Waals surface area contributed by atoms with E-state index in [9.17, 15) is 0 Å². The third kappa shape index (κ3) is 2.61.